The molecule has 1 aromatic carbocycles. The van der Waals surface area contributed by atoms with E-state index < -0.39 is 0 Å². The van der Waals surface area contributed by atoms with Crippen molar-refractivity contribution in [2.45, 2.75) is 13.3 Å². The minimum atomic E-state index is -0.0432. The first-order valence-corrected chi connectivity index (χ1v) is 6.82. The molecule has 5 nitrogen and oxygen atoms in total. The van der Waals surface area contributed by atoms with E-state index >= 15 is 0 Å². The number of nitrogens with zero attached hydrogens (tertiary/aromatic N) is 1. The Morgan fingerprint density at radius 1 is 1.19 bits per heavy atom. The summed E-state index contributed by atoms with van der Waals surface area (Å²) in [6, 6.07) is 11.2. The highest BCUT2D eigenvalue weighted by Crippen LogP contribution is 2.20. The number of amides is 1. The van der Waals surface area contributed by atoms with Gasteiger partial charge in [-0.05, 0) is 32.2 Å². The number of carbonyl (C=O) groups is 1. The molecule has 0 saturated heterocycles. The van der Waals surface area contributed by atoms with Crippen LogP contribution in [0.3, 0.4) is 0 Å². The number of pyridine rings is 1. The molecule has 0 aliphatic carbocycles. The van der Waals surface area contributed by atoms with Crippen LogP contribution < -0.4 is 15.4 Å². The molecule has 0 bridgehead atoms. The van der Waals surface area contributed by atoms with E-state index in [1.54, 1.807) is 18.3 Å². The Morgan fingerprint density at radius 2 is 1.95 bits per heavy atom. The van der Waals surface area contributed by atoms with Gasteiger partial charge in [0.1, 0.15) is 5.75 Å². The van der Waals surface area contributed by atoms with Gasteiger partial charge in [0.05, 0.1) is 11.9 Å². The van der Waals surface area contributed by atoms with Crippen LogP contribution in [0.5, 0.6) is 11.6 Å². The van der Waals surface area contributed by atoms with E-state index in [4.69, 9.17) is 4.74 Å². The molecule has 21 heavy (non-hydrogen) atoms. The number of rotatable bonds is 6. The maximum atomic E-state index is 11.6. The number of aryl methyl sites for hydroxylation is 1. The molecule has 0 aliphatic rings. The van der Waals surface area contributed by atoms with Crippen molar-refractivity contribution in [3.8, 4) is 11.6 Å². The molecule has 0 unspecified atom stereocenters. The van der Waals surface area contributed by atoms with Crippen LogP contribution in [-0.4, -0.2) is 24.5 Å². The highest BCUT2D eigenvalue weighted by Gasteiger charge is 2.03. The molecule has 0 fully saturated rings. The Bertz CT molecular complexity index is 579. The van der Waals surface area contributed by atoms with Crippen LogP contribution in [0, 0.1) is 6.92 Å². The van der Waals surface area contributed by atoms with Gasteiger partial charge in [0.25, 0.3) is 0 Å². The van der Waals surface area contributed by atoms with Gasteiger partial charge in [-0.3, -0.25) is 4.79 Å². The summed E-state index contributed by atoms with van der Waals surface area (Å²) in [5.41, 5.74) is 1.84. The zero-order valence-corrected chi connectivity index (χ0v) is 12.2. The maximum Gasteiger partial charge on any atom is 0.225 e. The fourth-order valence-corrected chi connectivity index (χ4v) is 1.70. The number of ether oxygens (including phenoxy) is 1. The van der Waals surface area contributed by atoms with Gasteiger partial charge in [0.2, 0.25) is 11.8 Å². The zero-order valence-electron chi connectivity index (χ0n) is 12.2. The van der Waals surface area contributed by atoms with Gasteiger partial charge in [-0.2, -0.15) is 0 Å². The summed E-state index contributed by atoms with van der Waals surface area (Å²) < 4.78 is 5.62. The predicted molar refractivity (Wildman–Crippen MR) is 82.7 cm³/mol. The molecule has 110 valence electrons. The molecule has 1 amide bonds. The van der Waals surface area contributed by atoms with E-state index in [0.29, 0.717) is 24.5 Å². The minimum Gasteiger partial charge on any atom is -0.439 e. The average Bonchev–Trinajstić information content (AvgIpc) is 2.49. The number of aromatic nitrogens is 1. The first-order valence-electron chi connectivity index (χ1n) is 6.82. The molecular weight excluding hydrogens is 266 g/mol. The summed E-state index contributed by atoms with van der Waals surface area (Å²) >= 11 is 0. The van der Waals surface area contributed by atoms with Gasteiger partial charge in [0, 0.05) is 19.0 Å². The van der Waals surface area contributed by atoms with Crippen LogP contribution in [0.1, 0.15) is 12.0 Å². The lowest BCUT2D eigenvalue weighted by Gasteiger charge is -2.07. The SMILES string of the molecule is CNCCC(=O)Nc1ccc(Oc2ccc(C)cc2)nc1. The minimum absolute atomic E-state index is 0.0432. The lowest BCUT2D eigenvalue weighted by atomic mass is 10.2. The summed E-state index contributed by atoms with van der Waals surface area (Å²) in [5, 5.41) is 5.71. The Labute approximate surface area is 124 Å². The fourth-order valence-electron chi connectivity index (χ4n) is 1.70. The Hall–Kier alpha value is -2.40. The van der Waals surface area contributed by atoms with Crippen molar-refractivity contribution in [3.63, 3.8) is 0 Å². The van der Waals surface area contributed by atoms with Crippen molar-refractivity contribution < 1.29 is 9.53 Å². The van der Waals surface area contributed by atoms with Crippen LogP contribution in [0.25, 0.3) is 0 Å². The van der Waals surface area contributed by atoms with Crippen molar-refractivity contribution >= 4 is 11.6 Å². The van der Waals surface area contributed by atoms with Gasteiger partial charge < -0.3 is 15.4 Å². The van der Waals surface area contributed by atoms with Crippen molar-refractivity contribution in [1.29, 1.82) is 0 Å². The molecule has 0 atom stereocenters. The number of hydrogen-bond donors (Lipinski definition) is 2. The van der Waals surface area contributed by atoms with Crippen molar-refractivity contribution in [1.82, 2.24) is 10.3 Å². The van der Waals surface area contributed by atoms with E-state index in [1.807, 2.05) is 38.2 Å². The van der Waals surface area contributed by atoms with E-state index in [1.165, 1.54) is 5.56 Å². The van der Waals surface area contributed by atoms with Crippen molar-refractivity contribution in [2.75, 3.05) is 18.9 Å². The standard InChI is InChI=1S/C16H19N3O2/c1-12-3-6-14(7-4-12)21-16-8-5-13(11-18-16)19-15(20)9-10-17-2/h3-8,11,17H,9-10H2,1-2H3,(H,19,20). The highest BCUT2D eigenvalue weighted by atomic mass is 16.5. The summed E-state index contributed by atoms with van der Waals surface area (Å²) in [4.78, 5) is 15.7. The second kappa shape index (κ2) is 7.40. The second-order valence-electron chi connectivity index (χ2n) is 4.70. The van der Waals surface area contributed by atoms with E-state index in [-0.39, 0.29) is 5.91 Å². The first kappa shape index (κ1) is 15.0. The van der Waals surface area contributed by atoms with Crippen molar-refractivity contribution in [3.05, 3.63) is 48.2 Å². The van der Waals surface area contributed by atoms with Gasteiger partial charge in [0.15, 0.2) is 0 Å². The fraction of sp³-hybridized carbons (Fsp3) is 0.250. The summed E-state index contributed by atoms with van der Waals surface area (Å²) in [6.45, 7) is 2.67. The summed E-state index contributed by atoms with van der Waals surface area (Å²) in [5.74, 6) is 1.18. The molecular formula is C16H19N3O2. The van der Waals surface area contributed by atoms with Gasteiger partial charge in [-0.25, -0.2) is 4.98 Å². The summed E-state index contributed by atoms with van der Waals surface area (Å²) in [6.07, 6.45) is 2.01. The lowest BCUT2D eigenvalue weighted by Crippen LogP contribution is -2.18. The zero-order chi connectivity index (χ0) is 15.1. The number of carbonyl (C=O) groups excluding carboxylic acids is 1. The largest absolute Gasteiger partial charge is 0.439 e. The molecule has 0 aliphatic heterocycles. The third-order valence-electron chi connectivity index (χ3n) is 2.87. The third-order valence-corrected chi connectivity index (χ3v) is 2.87. The summed E-state index contributed by atoms with van der Waals surface area (Å²) in [7, 11) is 1.81. The quantitative estimate of drug-likeness (QED) is 0.856. The van der Waals surface area contributed by atoms with E-state index in [2.05, 4.69) is 15.6 Å². The first-order chi connectivity index (χ1) is 10.2. The maximum absolute atomic E-state index is 11.6. The third kappa shape index (κ3) is 4.89. The molecule has 0 spiro atoms. The predicted octanol–water partition coefficient (Wildman–Crippen LogP) is 2.73. The van der Waals surface area contributed by atoms with Gasteiger partial charge in [-0.15, -0.1) is 0 Å². The van der Waals surface area contributed by atoms with Crippen molar-refractivity contribution in [2.24, 2.45) is 0 Å². The Morgan fingerprint density at radius 3 is 2.57 bits per heavy atom. The van der Waals surface area contributed by atoms with E-state index in [0.717, 1.165) is 5.75 Å². The van der Waals surface area contributed by atoms with Crippen LogP contribution in [0.2, 0.25) is 0 Å². The molecule has 5 heteroatoms. The molecule has 2 N–H and O–H groups in total. The molecule has 2 rings (SSSR count). The van der Waals surface area contributed by atoms with Gasteiger partial charge in [-0.1, -0.05) is 17.7 Å². The molecule has 1 aromatic heterocycles. The second-order valence-corrected chi connectivity index (χ2v) is 4.70. The average molecular weight is 285 g/mol. The van der Waals surface area contributed by atoms with Crippen LogP contribution in [0.15, 0.2) is 42.6 Å². The number of nitrogens with one attached hydrogen (secondary N) is 2. The molecule has 0 saturated carbocycles. The number of anilines is 1. The monoisotopic (exact) mass is 285 g/mol. The Kier molecular flexibility index (Phi) is 5.29. The molecule has 2 aromatic rings. The van der Waals surface area contributed by atoms with Gasteiger partial charge >= 0.3 is 0 Å². The topological polar surface area (TPSA) is 63.2 Å². The molecule has 1 heterocycles. The lowest BCUT2D eigenvalue weighted by molar-refractivity contribution is -0.116. The number of hydrogen-bond acceptors (Lipinski definition) is 4. The van der Waals surface area contributed by atoms with Crippen LogP contribution in [-0.2, 0) is 4.79 Å². The number of benzene rings is 1. The smallest absolute Gasteiger partial charge is 0.225 e. The Balaban J connectivity index is 1.92. The van der Waals surface area contributed by atoms with Crippen LogP contribution in [0.4, 0.5) is 5.69 Å². The molecule has 0 radical (unpaired) electrons. The van der Waals surface area contributed by atoms with Crippen LogP contribution >= 0.6 is 0 Å². The normalized spacial score (nSPS) is 10.2. The van der Waals surface area contributed by atoms with E-state index in [9.17, 15) is 4.79 Å². The highest BCUT2D eigenvalue weighted by molar-refractivity contribution is 5.90.